The summed E-state index contributed by atoms with van der Waals surface area (Å²) in [5.41, 5.74) is 2.24. The maximum atomic E-state index is 8.92. The molecule has 4 nitrogen and oxygen atoms in total. The maximum absolute atomic E-state index is 8.92. The molecule has 0 amide bonds. The monoisotopic (exact) mass is 256 g/mol. The Bertz CT molecular complexity index is 594. The molecule has 0 fully saturated rings. The molecule has 2 rings (SSSR count). The van der Waals surface area contributed by atoms with E-state index in [1.54, 1.807) is 0 Å². The summed E-state index contributed by atoms with van der Waals surface area (Å²) in [5, 5.41) is 14.7. The van der Waals surface area contributed by atoms with Crippen LogP contribution >= 0.6 is 0 Å². The normalized spacial score (nSPS) is 12.8. The Labute approximate surface area is 114 Å². The van der Waals surface area contributed by atoms with Crippen molar-refractivity contribution in [3.8, 4) is 6.07 Å². The van der Waals surface area contributed by atoms with Crippen LogP contribution in [0.3, 0.4) is 0 Å². The van der Waals surface area contributed by atoms with Gasteiger partial charge in [-0.15, -0.1) is 0 Å². The van der Waals surface area contributed by atoms with Gasteiger partial charge in [0.25, 0.3) is 0 Å². The van der Waals surface area contributed by atoms with E-state index in [4.69, 9.17) is 5.26 Å². The molecule has 19 heavy (non-hydrogen) atoms. The standard InChI is InChI=1S/C15H20N4/c1-4-19(10-12(2)9-16)11-14-13-7-5-6-8-15(13)18(3)17-14/h5-8,12H,4,10-11H2,1-3H3. The molecule has 0 radical (unpaired) electrons. The van der Waals surface area contributed by atoms with Crippen LogP contribution in [0.25, 0.3) is 10.9 Å². The molecule has 100 valence electrons. The van der Waals surface area contributed by atoms with E-state index in [-0.39, 0.29) is 5.92 Å². The number of fused-ring (bicyclic) bond motifs is 1. The van der Waals surface area contributed by atoms with E-state index >= 15 is 0 Å². The Kier molecular flexibility index (Phi) is 4.18. The minimum absolute atomic E-state index is 0.0509. The molecule has 0 bridgehead atoms. The van der Waals surface area contributed by atoms with Crippen LogP contribution in [0.4, 0.5) is 0 Å². The third kappa shape index (κ3) is 2.94. The molecule has 0 saturated carbocycles. The van der Waals surface area contributed by atoms with Gasteiger partial charge in [-0.05, 0) is 19.5 Å². The van der Waals surface area contributed by atoms with Crippen LogP contribution < -0.4 is 0 Å². The van der Waals surface area contributed by atoms with Crippen molar-refractivity contribution in [3.63, 3.8) is 0 Å². The fourth-order valence-corrected chi connectivity index (χ4v) is 2.35. The maximum Gasteiger partial charge on any atom is 0.0843 e. The molecule has 2 aromatic rings. The second-order valence-electron chi connectivity index (χ2n) is 4.95. The Morgan fingerprint density at radius 1 is 1.42 bits per heavy atom. The van der Waals surface area contributed by atoms with Gasteiger partial charge in [-0.1, -0.05) is 25.1 Å². The Balaban J connectivity index is 2.23. The highest BCUT2D eigenvalue weighted by Gasteiger charge is 2.13. The van der Waals surface area contributed by atoms with Gasteiger partial charge in [0.15, 0.2) is 0 Å². The number of nitriles is 1. The number of aryl methyl sites for hydroxylation is 1. The largest absolute Gasteiger partial charge is 0.296 e. The third-order valence-electron chi connectivity index (χ3n) is 3.41. The number of nitrogens with zero attached hydrogens (tertiary/aromatic N) is 4. The van der Waals surface area contributed by atoms with Gasteiger partial charge in [-0.25, -0.2) is 0 Å². The first-order chi connectivity index (χ1) is 9.15. The van der Waals surface area contributed by atoms with Crippen LogP contribution in [0.5, 0.6) is 0 Å². The van der Waals surface area contributed by atoms with Crippen molar-refractivity contribution >= 4 is 10.9 Å². The van der Waals surface area contributed by atoms with Gasteiger partial charge in [0.05, 0.1) is 23.2 Å². The Morgan fingerprint density at radius 3 is 2.84 bits per heavy atom. The molecule has 1 atom stereocenters. The zero-order valence-electron chi connectivity index (χ0n) is 11.8. The summed E-state index contributed by atoms with van der Waals surface area (Å²) < 4.78 is 1.92. The lowest BCUT2D eigenvalue weighted by atomic mass is 10.1. The highest BCUT2D eigenvalue weighted by molar-refractivity contribution is 5.81. The number of hydrogen-bond donors (Lipinski definition) is 0. The van der Waals surface area contributed by atoms with Crippen LogP contribution in [0.1, 0.15) is 19.5 Å². The first-order valence-corrected chi connectivity index (χ1v) is 6.68. The van der Waals surface area contributed by atoms with Crippen LogP contribution in [-0.4, -0.2) is 27.8 Å². The molecule has 0 aliphatic carbocycles. The molecule has 1 heterocycles. The number of benzene rings is 1. The van der Waals surface area contributed by atoms with Gasteiger partial charge >= 0.3 is 0 Å². The van der Waals surface area contributed by atoms with Gasteiger partial charge in [0, 0.05) is 25.5 Å². The van der Waals surface area contributed by atoms with Crippen LogP contribution in [0, 0.1) is 17.2 Å². The molecule has 0 aliphatic rings. The fraction of sp³-hybridized carbons (Fsp3) is 0.467. The third-order valence-corrected chi connectivity index (χ3v) is 3.41. The van der Waals surface area contributed by atoms with Gasteiger partial charge < -0.3 is 0 Å². The molecule has 0 N–H and O–H groups in total. The molecular formula is C15H20N4. The molecule has 0 saturated heterocycles. The van der Waals surface area contributed by atoms with E-state index in [0.29, 0.717) is 0 Å². The predicted molar refractivity (Wildman–Crippen MR) is 76.4 cm³/mol. The van der Waals surface area contributed by atoms with Crippen molar-refractivity contribution in [3.05, 3.63) is 30.0 Å². The smallest absolute Gasteiger partial charge is 0.0843 e. The summed E-state index contributed by atoms with van der Waals surface area (Å²) in [4.78, 5) is 2.27. The first-order valence-electron chi connectivity index (χ1n) is 6.68. The molecule has 0 aliphatic heterocycles. The van der Waals surface area contributed by atoms with Crippen molar-refractivity contribution in [2.75, 3.05) is 13.1 Å². The molecule has 1 unspecified atom stereocenters. The minimum Gasteiger partial charge on any atom is -0.296 e. The van der Waals surface area contributed by atoms with Crippen molar-refractivity contribution < 1.29 is 0 Å². The molecule has 4 heteroatoms. The van der Waals surface area contributed by atoms with E-state index in [1.807, 2.05) is 30.8 Å². The second-order valence-corrected chi connectivity index (χ2v) is 4.95. The minimum atomic E-state index is 0.0509. The molecule has 1 aromatic carbocycles. The van der Waals surface area contributed by atoms with Gasteiger partial charge in [-0.3, -0.25) is 9.58 Å². The Morgan fingerprint density at radius 2 is 2.16 bits per heavy atom. The molecule has 0 spiro atoms. The highest BCUT2D eigenvalue weighted by Crippen LogP contribution is 2.19. The fourth-order valence-electron chi connectivity index (χ4n) is 2.35. The average molecular weight is 256 g/mol. The zero-order chi connectivity index (χ0) is 13.8. The van der Waals surface area contributed by atoms with Gasteiger partial charge in [0.2, 0.25) is 0 Å². The summed E-state index contributed by atoms with van der Waals surface area (Å²) in [6.07, 6.45) is 0. The summed E-state index contributed by atoms with van der Waals surface area (Å²) in [6.45, 7) is 6.59. The lowest BCUT2D eigenvalue weighted by Gasteiger charge is -2.20. The van der Waals surface area contributed by atoms with E-state index in [9.17, 15) is 0 Å². The number of hydrogen-bond acceptors (Lipinski definition) is 3. The SMILES string of the molecule is CCN(Cc1nn(C)c2ccccc12)CC(C)C#N. The van der Waals surface area contributed by atoms with Gasteiger partial charge in [0.1, 0.15) is 0 Å². The number of aromatic nitrogens is 2. The number of rotatable bonds is 5. The van der Waals surface area contributed by atoms with E-state index in [2.05, 4.69) is 35.1 Å². The van der Waals surface area contributed by atoms with Crippen LogP contribution in [-0.2, 0) is 13.6 Å². The Hall–Kier alpha value is -1.86. The van der Waals surface area contributed by atoms with E-state index in [0.717, 1.165) is 30.8 Å². The van der Waals surface area contributed by atoms with Crippen molar-refractivity contribution in [1.82, 2.24) is 14.7 Å². The lowest BCUT2D eigenvalue weighted by Crippen LogP contribution is -2.27. The summed E-state index contributed by atoms with van der Waals surface area (Å²) in [7, 11) is 1.97. The van der Waals surface area contributed by atoms with Crippen LogP contribution in [0.2, 0.25) is 0 Å². The van der Waals surface area contributed by atoms with Crippen LogP contribution in [0.15, 0.2) is 24.3 Å². The second kappa shape index (κ2) is 5.85. The summed E-state index contributed by atoms with van der Waals surface area (Å²) >= 11 is 0. The highest BCUT2D eigenvalue weighted by atomic mass is 15.3. The predicted octanol–water partition coefficient (Wildman–Crippen LogP) is 2.55. The van der Waals surface area contributed by atoms with Crippen molar-refractivity contribution in [2.24, 2.45) is 13.0 Å². The molecule has 1 aromatic heterocycles. The molecular weight excluding hydrogens is 236 g/mol. The number of para-hydroxylation sites is 1. The summed E-state index contributed by atoms with van der Waals surface area (Å²) in [5.74, 6) is 0.0509. The van der Waals surface area contributed by atoms with Gasteiger partial charge in [-0.2, -0.15) is 10.4 Å². The lowest BCUT2D eigenvalue weighted by molar-refractivity contribution is 0.257. The summed E-state index contributed by atoms with van der Waals surface area (Å²) in [6, 6.07) is 10.6. The van der Waals surface area contributed by atoms with E-state index in [1.165, 1.54) is 5.39 Å². The quantitative estimate of drug-likeness (QED) is 0.826. The zero-order valence-corrected chi connectivity index (χ0v) is 11.8. The topological polar surface area (TPSA) is 44.9 Å². The average Bonchev–Trinajstić information content (AvgIpc) is 2.75. The van der Waals surface area contributed by atoms with Crippen molar-refractivity contribution in [1.29, 1.82) is 5.26 Å². The van der Waals surface area contributed by atoms with Crippen molar-refractivity contribution in [2.45, 2.75) is 20.4 Å². The first kappa shape index (κ1) is 13.6. The van der Waals surface area contributed by atoms with E-state index < -0.39 is 0 Å².